The lowest BCUT2D eigenvalue weighted by Gasteiger charge is -2.35. The maximum absolute atomic E-state index is 14.2. The van der Waals surface area contributed by atoms with Gasteiger partial charge < -0.3 is 20.3 Å². The van der Waals surface area contributed by atoms with Crippen LogP contribution in [-0.4, -0.2) is 52.5 Å². The molecule has 1 fully saturated rings. The molecule has 0 spiro atoms. The SMILES string of the molecule is CSCCC(NC(=O)OC(C)(C)C)C(=O)N(C(C(=O)NCc1ccccc1)c1cccc(C)c1)C1CC1C. The second-order valence-electron chi connectivity index (χ2n) is 11.0. The Balaban J connectivity index is 1.95. The Morgan fingerprint density at radius 3 is 2.37 bits per heavy atom. The van der Waals surface area contributed by atoms with Gasteiger partial charge in [0, 0.05) is 12.6 Å². The summed E-state index contributed by atoms with van der Waals surface area (Å²) in [6.45, 7) is 9.77. The van der Waals surface area contributed by atoms with Gasteiger partial charge in [-0.05, 0) is 69.6 Å². The van der Waals surface area contributed by atoms with E-state index >= 15 is 0 Å². The molecule has 2 aromatic rings. The molecule has 8 heteroatoms. The Labute approximate surface area is 231 Å². The van der Waals surface area contributed by atoms with E-state index in [4.69, 9.17) is 4.74 Å². The van der Waals surface area contributed by atoms with Gasteiger partial charge in [-0.3, -0.25) is 9.59 Å². The van der Waals surface area contributed by atoms with Crippen LogP contribution in [0.15, 0.2) is 54.6 Å². The molecule has 38 heavy (non-hydrogen) atoms. The zero-order valence-electron chi connectivity index (χ0n) is 23.3. The molecule has 7 nitrogen and oxygen atoms in total. The number of nitrogens with one attached hydrogen (secondary N) is 2. The fourth-order valence-corrected chi connectivity index (χ4v) is 4.93. The number of benzene rings is 2. The van der Waals surface area contributed by atoms with Crippen molar-refractivity contribution in [2.45, 2.75) is 77.7 Å². The van der Waals surface area contributed by atoms with E-state index in [1.165, 1.54) is 0 Å². The van der Waals surface area contributed by atoms with Crippen LogP contribution in [0.5, 0.6) is 0 Å². The summed E-state index contributed by atoms with van der Waals surface area (Å²) >= 11 is 1.60. The summed E-state index contributed by atoms with van der Waals surface area (Å²) < 4.78 is 5.46. The first-order chi connectivity index (χ1) is 18.0. The highest BCUT2D eigenvalue weighted by Gasteiger charge is 2.48. The van der Waals surface area contributed by atoms with Gasteiger partial charge in [0.2, 0.25) is 11.8 Å². The number of rotatable bonds is 11. The number of alkyl carbamates (subject to hydrolysis) is 1. The molecule has 4 atom stereocenters. The van der Waals surface area contributed by atoms with Gasteiger partial charge in [-0.1, -0.05) is 67.1 Å². The molecule has 3 amide bonds. The van der Waals surface area contributed by atoms with Crippen LogP contribution in [-0.2, 0) is 20.9 Å². The third-order valence-corrected chi connectivity index (χ3v) is 7.12. The largest absolute Gasteiger partial charge is 0.444 e. The molecule has 0 heterocycles. The van der Waals surface area contributed by atoms with Crippen LogP contribution < -0.4 is 10.6 Å². The average Bonchev–Trinajstić information content (AvgIpc) is 3.58. The van der Waals surface area contributed by atoms with Gasteiger partial charge in [-0.25, -0.2) is 4.79 Å². The van der Waals surface area contributed by atoms with Crippen LogP contribution in [0.2, 0.25) is 0 Å². The lowest BCUT2D eigenvalue weighted by molar-refractivity contribution is -0.143. The number of thioether (sulfide) groups is 1. The smallest absolute Gasteiger partial charge is 0.408 e. The molecule has 0 bridgehead atoms. The average molecular weight is 540 g/mol. The quantitative estimate of drug-likeness (QED) is 0.408. The summed E-state index contributed by atoms with van der Waals surface area (Å²) in [6.07, 6.45) is 2.56. The second kappa shape index (κ2) is 13.2. The molecule has 2 N–H and O–H groups in total. The van der Waals surface area contributed by atoms with E-state index in [-0.39, 0.29) is 23.8 Å². The Morgan fingerprint density at radius 2 is 1.79 bits per heavy atom. The van der Waals surface area contributed by atoms with Crippen LogP contribution in [0.4, 0.5) is 4.79 Å². The topological polar surface area (TPSA) is 87.7 Å². The van der Waals surface area contributed by atoms with Crippen LogP contribution in [0, 0.1) is 12.8 Å². The number of hydrogen-bond acceptors (Lipinski definition) is 5. The lowest BCUT2D eigenvalue weighted by atomic mass is 10.00. The minimum atomic E-state index is -0.821. The summed E-state index contributed by atoms with van der Waals surface area (Å²) in [6, 6.07) is 15.7. The fraction of sp³-hybridized carbons (Fsp3) is 0.500. The van der Waals surface area contributed by atoms with E-state index in [1.54, 1.807) is 37.4 Å². The molecule has 1 aliphatic rings. The molecule has 0 radical (unpaired) electrons. The Kier molecular flexibility index (Phi) is 10.3. The van der Waals surface area contributed by atoms with E-state index in [1.807, 2.05) is 67.8 Å². The van der Waals surface area contributed by atoms with E-state index in [2.05, 4.69) is 17.6 Å². The first kappa shape index (κ1) is 29.6. The maximum atomic E-state index is 14.2. The van der Waals surface area contributed by atoms with E-state index in [0.29, 0.717) is 18.7 Å². The number of carbonyl (C=O) groups is 3. The van der Waals surface area contributed by atoms with E-state index in [0.717, 1.165) is 23.1 Å². The van der Waals surface area contributed by atoms with E-state index < -0.39 is 23.8 Å². The van der Waals surface area contributed by atoms with Crippen molar-refractivity contribution in [1.29, 1.82) is 0 Å². The van der Waals surface area contributed by atoms with Gasteiger partial charge in [-0.2, -0.15) is 11.8 Å². The van der Waals surface area contributed by atoms with Crippen molar-refractivity contribution in [3.8, 4) is 0 Å². The predicted molar refractivity (Wildman–Crippen MR) is 153 cm³/mol. The molecule has 0 aromatic heterocycles. The van der Waals surface area contributed by atoms with Gasteiger partial charge in [0.15, 0.2) is 0 Å². The highest BCUT2D eigenvalue weighted by Crippen LogP contribution is 2.41. The number of ether oxygens (including phenoxy) is 1. The molecule has 1 aliphatic carbocycles. The standard InChI is InChI=1S/C30H41N3O4S/c1-20-11-10-14-23(17-20)26(27(34)31-19-22-12-8-7-9-13-22)33(25-18-21(25)2)28(35)24(15-16-38-6)32-29(36)37-30(3,4)5/h7-14,17,21,24-26H,15-16,18-19H2,1-6H3,(H,31,34)(H,32,36). The van der Waals surface area contributed by atoms with Crippen molar-refractivity contribution in [3.63, 3.8) is 0 Å². The number of hydrogen-bond donors (Lipinski definition) is 2. The zero-order chi connectivity index (χ0) is 27.9. The Bertz CT molecular complexity index is 1100. The first-order valence-corrected chi connectivity index (χ1v) is 14.6. The van der Waals surface area contributed by atoms with Crippen molar-refractivity contribution < 1.29 is 19.1 Å². The molecular formula is C30H41N3O4S. The van der Waals surface area contributed by atoms with Crippen LogP contribution >= 0.6 is 11.8 Å². The molecule has 4 unspecified atom stereocenters. The minimum absolute atomic E-state index is 0.0901. The number of amides is 3. The summed E-state index contributed by atoms with van der Waals surface area (Å²) in [5, 5.41) is 5.86. The van der Waals surface area contributed by atoms with Gasteiger partial charge in [0.25, 0.3) is 0 Å². The van der Waals surface area contributed by atoms with Crippen molar-refractivity contribution in [1.82, 2.24) is 15.5 Å². The fourth-order valence-electron chi connectivity index (χ4n) is 4.46. The summed E-state index contributed by atoms with van der Waals surface area (Å²) in [7, 11) is 0. The lowest BCUT2D eigenvalue weighted by Crippen LogP contribution is -2.54. The second-order valence-corrected chi connectivity index (χ2v) is 12.0. The van der Waals surface area contributed by atoms with Gasteiger partial charge in [0.05, 0.1) is 0 Å². The molecule has 206 valence electrons. The van der Waals surface area contributed by atoms with Gasteiger partial charge >= 0.3 is 6.09 Å². The molecule has 1 saturated carbocycles. The van der Waals surface area contributed by atoms with Crippen molar-refractivity contribution in [2.75, 3.05) is 12.0 Å². The highest BCUT2D eigenvalue weighted by atomic mass is 32.2. The monoisotopic (exact) mass is 539 g/mol. The molecular weight excluding hydrogens is 498 g/mol. The van der Waals surface area contributed by atoms with E-state index in [9.17, 15) is 14.4 Å². The third kappa shape index (κ3) is 8.51. The van der Waals surface area contributed by atoms with Crippen LogP contribution in [0.25, 0.3) is 0 Å². The molecule has 0 aliphatic heterocycles. The van der Waals surface area contributed by atoms with Gasteiger partial charge in [-0.15, -0.1) is 0 Å². The number of carbonyl (C=O) groups excluding carboxylic acids is 3. The third-order valence-electron chi connectivity index (χ3n) is 6.47. The predicted octanol–water partition coefficient (Wildman–Crippen LogP) is 5.24. The van der Waals surface area contributed by atoms with Crippen LogP contribution in [0.1, 0.15) is 63.3 Å². The molecule has 3 rings (SSSR count). The van der Waals surface area contributed by atoms with Crippen molar-refractivity contribution >= 4 is 29.7 Å². The zero-order valence-corrected chi connectivity index (χ0v) is 24.1. The first-order valence-electron chi connectivity index (χ1n) is 13.2. The summed E-state index contributed by atoms with van der Waals surface area (Å²) in [5.74, 6) is 0.430. The number of nitrogens with zero attached hydrogens (tertiary/aromatic N) is 1. The molecule has 0 saturated heterocycles. The highest BCUT2D eigenvalue weighted by molar-refractivity contribution is 7.98. The summed E-state index contributed by atoms with van der Waals surface area (Å²) in [4.78, 5) is 42.5. The summed E-state index contributed by atoms with van der Waals surface area (Å²) in [5.41, 5.74) is 2.05. The maximum Gasteiger partial charge on any atom is 0.408 e. The number of aryl methyl sites for hydroxylation is 1. The van der Waals surface area contributed by atoms with Gasteiger partial charge in [0.1, 0.15) is 17.7 Å². The Hall–Kier alpha value is -3.00. The molecule has 2 aromatic carbocycles. The minimum Gasteiger partial charge on any atom is -0.444 e. The normalized spacial score (nSPS) is 18.2. The Morgan fingerprint density at radius 1 is 1.11 bits per heavy atom. The van der Waals surface area contributed by atoms with Crippen LogP contribution in [0.3, 0.4) is 0 Å². The van der Waals surface area contributed by atoms with Crippen molar-refractivity contribution in [2.24, 2.45) is 5.92 Å². The van der Waals surface area contributed by atoms with Crippen molar-refractivity contribution in [3.05, 3.63) is 71.3 Å².